The summed E-state index contributed by atoms with van der Waals surface area (Å²) in [6.07, 6.45) is 3.32. The van der Waals surface area contributed by atoms with Gasteiger partial charge >= 0.3 is 6.03 Å². The van der Waals surface area contributed by atoms with Gasteiger partial charge in [0, 0.05) is 12.7 Å². The van der Waals surface area contributed by atoms with Gasteiger partial charge in [-0.25, -0.2) is 4.79 Å². The molecule has 1 rings (SSSR count). The molecule has 0 aliphatic carbocycles. The van der Waals surface area contributed by atoms with Gasteiger partial charge in [0.2, 0.25) is 0 Å². The number of carbonyl (C=O) groups is 1. The number of hydrogen-bond donors (Lipinski definition) is 3. The number of methoxy groups -OCH3 is 1. The van der Waals surface area contributed by atoms with E-state index in [1.54, 1.807) is 19.4 Å². The van der Waals surface area contributed by atoms with Gasteiger partial charge in [-0.15, -0.1) is 0 Å². The van der Waals surface area contributed by atoms with Gasteiger partial charge in [0.05, 0.1) is 26.9 Å². The van der Waals surface area contributed by atoms with E-state index in [0.29, 0.717) is 13.2 Å². The first-order chi connectivity index (χ1) is 9.76. The van der Waals surface area contributed by atoms with Crippen LogP contribution in [0.2, 0.25) is 0 Å². The number of benzene rings is 1. The molecule has 1 aromatic rings. The number of urea groups is 1. The second kappa shape index (κ2) is 9.82. The van der Waals surface area contributed by atoms with Crippen molar-refractivity contribution < 1.29 is 19.4 Å². The molecule has 2 amide bonds. The largest absolute Gasteiger partial charge is 0.497 e. The number of carbonyl (C=O) groups excluding carboxylic acids is 1. The van der Waals surface area contributed by atoms with E-state index in [-0.39, 0.29) is 19.2 Å². The Bertz CT molecular complexity index is 435. The Morgan fingerprint density at radius 2 is 2.25 bits per heavy atom. The first kappa shape index (κ1) is 16.0. The lowest BCUT2D eigenvalue weighted by Crippen LogP contribution is -2.34. The van der Waals surface area contributed by atoms with Gasteiger partial charge in [-0.2, -0.15) is 0 Å². The number of rotatable bonds is 8. The maximum Gasteiger partial charge on any atom is 0.318 e. The third-order valence-corrected chi connectivity index (χ3v) is 2.35. The van der Waals surface area contributed by atoms with E-state index in [1.807, 2.05) is 24.3 Å². The number of ether oxygens (including phenoxy) is 2. The summed E-state index contributed by atoms with van der Waals surface area (Å²) < 4.78 is 10.1. The van der Waals surface area contributed by atoms with Gasteiger partial charge in [-0.3, -0.25) is 0 Å². The van der Waals surface area contributed by atoms with Crippen molar-refractivity contribution in [3.8, 4) is 5.75 Å². The first-order valence-corrected chi connectivity index (χ1v) is 6.30. The minimum atomic E-state index is -0.309. The summed E-state index contributed by atoms with van der Waals surface area (Å²) in [6.45, 7) is 1.01. The summed E-state index contributed by atoms with van der Waals surface area (Å²) in [5, 5.41) is 13.7. The molecule has 0 aromatic heterocycles. The first-order valence-electron chi connectivity index (χ1n) is 6.30. The molecule has 0 fully saturated rings. The molecule has 110 valence electrons. The number of aliphatic hydroxyl groups is 1. The van der Waals surface area contributed by atoms with Crippen LogP contribution in [0.15, 0.2) is 30.5 Å². The Kier molecular flexibility index (Phi) is 7.86. The van der Waals surface area contributed by atoms with Crippen molar-refractivity contribution in [3.63, 3.8) is 0 Å². The molecule has 0 bridgehead atoms. The average Bonchev–Trinajstić information content (AvgIpc) is 2.47. The van der Waals surface area contributed by atoms with E-state index < -0.39 is 0 Å². The molecule has 1 aromatic carbocycles. The molecular weight excluding hydrogens is 260 g/mol. The maximum absolute atomic E-state index is 11.4. The molecule has 0 aliphatic rings. The lowest BCUT2D eigenvalue weighted by molar-refractivity contribution is 0.0948. The van der Waals surface area contributed by atoms with Crippen molar-refractivity contribution in [1.29, 1.82) is 0 Å². The number of nitrogens with one attached hydrogen (secondary N) is 2. The highest BCUT2D eigenvalue weighted by Crippen LogP contribution is 2.13. The quantitative estimate of drug-likeness (QED) is 0.620. The van der Waals surface area contributed by atoms with Crippen LogP contribution in [0, 0.1) is 0 Å². The molecule has 0 saturated heterocycles. The zero-order valence-corrected chi connectivity index (χ0v) is 11.5. The highest BCUT2D eigenvalue weighted by atomic mass is 16.5. The summed E-state index contributed by atoms with van der Waals surface area (Å²) >= 11 is 0. The molecule has 6 heteroatoms. The summed E-state index contributed by atoms with van der Waals surface area (Å²) in [5.74, 6) is 0.762. The van der Waals surface area contributed by atoms with Crippen molar-refractivity contribution in [1.82, 2.24) is 10.6 Å². The van der Waals surface area contributed by atoms with Gasteiger partial charge in [0.25, 0.3) is 0 Å². The van der Waals surface area contributed by atoms with Crippen LogP contribution in [0.4, 0.5) is 4.79 Å². The van der Waals surface area contributed by atoms with Crippen LogP contribution in [0.3, 0.4) is 0 Å². The van der Waals surface area contributed by atoms with E-state index in [9.17, 15) is 4.79 Å². The topological polar surface area (TPSA) is 79.8 Å². The van der Waals surface area contributed by atoms with Crippen molar-refractivity contribution in [3.05, 3.63) is 36.0 Å². The predicted octanol–water partition coefficient (Wildman–Crippen LogP) is 0.974. The molecule has 0 heterocycles. The van der Waals surface area contributed by atoms with Crippen LogP contribution in [-0.4, -0.2) is 44.6 Å². The Balaban J connectivity index is 2.24. The van der Waals surface area contributed by atoms with E-state index in [0.717, 1.165) is 11.3 Å². The Labute approximate surface area is 118 Å². The molecule has 0 radical (unpaired) electrons. The minimum Gasteiger partial charge on any atom is -0.497 e. The Morgan fingerprint density at radius 1 is 1.40 bits per heavy atom. The molecule has 0 saturated carbocycles. The van der Waals surface area contributed by atoms with Crippen molar-refractivity contribution >= 4 is 12.1 Å². The van der Waals surface area contributed by atoms with Crippen molar-refractivity contribution in [2.45, 2.75) is 0 Å². The molecule has 0 atom stereocenters. The Hall–Kier alpha value is -2.05. The fourth-order valence-corrected chi connectivity index (χ4v) is 1.41. The highest BCUT2D eigenvalue weighted by molar-refractivity contribution is 5.75. The maximum atomic E-state index is 11.4. The van der Waals surface area contributed by atoms with E-state index >= 15 is 0 Å². The standard InChI is InChI=1S/C14H20N2O4/c1-19-13-4-2-3-12(11-13)5-6-15-14(18)16-7-9-20-10-8-17/h2-6,11,17H,7-10H2,1H3,(H2,15,16,18)/b6-5+. The van der Waals surface area contributed by atoms with E-state index in [1.165, 1.54) is 0 Å². The summed E-state index contributed by atoms with van der Waals surface area (Å²) in [4.78, 5) is 11.4. The third kappa shape index (κ3) is 6.77. The lowest BCUT2D eigenvalue weighted by atomic mass is 10.2. The smallest absolute Gasteiger partial charge is 0.318 e. The van der Waals surface area contributed by atoms with Crippen LogP contribution in [-0.2, 0) is 4.74 Å². The number of amides is 2. The van der Waals surface area contributed by atoms with Crippen LogP contribution >= 0.6 is 0 Å². The molecule has 0 aliphatic heterocycles. The fourth-order valence-electron chi connectivity index (χ4n) is 1.41. The summed E-state index contributed by atoms with van der Waals surface area (Å²) in [6, 6.07) is 7.18. The van der Waals surface area contributed by atoms with E-state index in [2.05, 4.69) is 10.6 Å². The molecule has 0 spiro atoms. The predicted molar refractivity (Wildman–Crippen MR) is 76.5 cm³/mol. The Morgan fingerprint density at radius 3 is 3.00 bits per heavy atom. The highest BCUT2D eigenvalue weighted by Gasteiger charge is 1.96. The van der Waals surface area contributed by atoms with Crippen molar-refractivity contribution in [2.24, 2.45) is 0 Å². The second-order valence-corrected chi connectivity index (χ2v) is 3.85. The molecular formula is C14H20N2O4. The number of hydrogen-bond acceptors (Lipinski definition) is 4. The average molecular weight is 280 g/mol. The van der Waals surface area contributed by atoms with Gasteiger partial charge in [0.15, 0.2) is 0 Å². The molecule has 20 heavy (non-hydrogen) atoms. The normalized spacial score (nSPS) is 10.5. The minimum absolute atomic E-state index is 0.0184. The van der Waals surface area contributed by atoms with Crippen molar-refractivity contribution in [2.75, 3.05) is 33.5 Å². The van der Waals surface area contributed by atoms with Gasteiger partial charge < -0.3 is 25.2 Å². The second-order valence-electron chi connectivity index (χ2n) is 3.85. The van der Waals surface area contributed by atoms with Crippen LogP contribution < -0.4 is 15.4 Å². The zero-order valence-electron chi connectivity index (χ0n) is 11.5. The molecule has 0 unspecified atom stereocenters. The fraction of sp³-hybridized carbons (Fsp3) is 0.357. The SMILES string of the molecule is COc1cccc(/C=C/NC(=O)NCCOCCO)c1. The van der Waals surface area contributed by atoms with Crippen LogP contribution in [0.25, 0.3) is 6.08 Å². The number of aliphatic hydroxyl groups excluding tert-OH is 1. The monoisotopic (exact) mass is 280 g/mol. The van der Waals surface area contributed by atoms with E-state index in [4.69, 9.17) is 14.6 Å². The lowest BCUT2D eigenvalue weighted by Gasteiger charge is -2.05. The van der Waals surface area contributed by atoms with Crippen LogP contribution in [0.5, 0.6) is 5.75 Å². The third-order valence-electron chi connectivity index (χ3n) is 2.35. The zero-order chi connectivity index (χ0) is 14.6. The molecule has 6 nitrogen and oxygen atoms in total. The summed E-state index contributed by atoms with van der Waals surface area (Å²) in [7, 11) is 1.60. The van der Waals surface area contributed by atoms with Gasteiger partial charge in [-0.05, 0) is 23.8 Å². The van der Waals surface area contributed by atoms with Crippen LogP contribution in [0.1, 0.15) is 5.56 Å². The summed E-state index contributed by atoms with van der Waals surface area (Å²) in [5.41, 5.74) is 0.927. The van der Waals surface area contributed by atoms with Gasteiger partial charge in [-0.1, -0.05) is 12.1 Å². The molecule has 3 N–H and O–H groups in total. The van der Waals surface area contributed by atoms with Gasteiger partial charge in [0.1, 0.15) is 5.75 Å².